The molecule has 0 radical (unpaired) electrons. The number of anilines is 1. The molecule has 0 bridgehead atoms. The molecule has 0 saturated heterocycles. The first-order valence-corrected chi connectivity index (χ1v) is 9.13. The maximum Gasteiger partial charge on any atom is 0.308 e. The maximum absolute atomic E-state index is 12.4. The molecule has 1 aliphatic heterocycles. The van der Waals surface area contributed by atoms with Gasteiger partial charge < -0.3 is 14.2 Å². The van der Waals surface area contributed by atoms with E-state index in [1.54, 1.807) is 10.3 Å². The average Bonchev–Trinajstić information content (AvgIpc) is 2.95. The van der Waals surface area contributed by atoms with Crippen molar-refractivity contribution in [2.75, 3.05) is 18.1 Å². The molecule has 2 aromatic rings. The molecule has 6 nitrogen and oxygen atoms in total. The summed E-state index contributed by atoms with van der Waals surface area (Å²) in [5.41, 5.74) is 2.86. The Balaban J connectivity index is 1.53. The topological polar surface area (TPSA) is 68.6 Å². The Kier molecular flexibility index (Phi) is 5.33. The minimum Gasteiger partial charge on any atom is -0.455 e. The SMILES string of the molecule is Cc1csc(=O)n1CCC(=O)OCC(=O)N1CCCc2ccccc21. The van der Waals surface area contributed by atoms with Crippen molar-refractivity contribution >= 4 is 28.9 Å². The van der Waals surface area contributed by atoms with Crippen molar-refractivity contribution in [2.24, 2.45) is 0 Å². The van der Waals surface area contributed by atoms with Crippen LogP contribution in [0.15, 0.2) is 34.4 Å². The quantitative estimate of drug-likeness (QED) is 0.766. The molecule has 0 spiro atoms. The molecule has 0 atom stereocenters. The second-order valence-electron chi connectivity index (χ2n) is 5.98. The average molecular weight is 360 g/mol. The van der Waals surface area contributed by atoms with E-state index in [1.807, 2.05) is 31.2 Å². The van der Waals surface area contributed by atoms with Crippen LogP contribution in [0.3, 0.4) is 0 Å². The molecule has 0 N–H and O–H groups in total. The Morgan fingerprint density at radius 1 is 1.28 bits per heavy atom. The first kappa shape index (κ1) is 17.4. The number of amides is 1. The number of carbonyl (C=O) groups is 2. The molecule has 0 aliphatic carbocycles. The molecule has 2 heterocycles. The summed E-state index contributed by atoms with van der Waals surface area (Å²) < 4.78 is 6.64. The zero-order valence-electron chi connectivity index (χ0n) is 14.1. The molecule has 1 amide bonds. The number of ether oxygens (including phenoxy) is 1. The van der Waals surface area contributed by atoms with Gasteiger partial charge in [0, 0.05) is 29.9 Å². The summed E-state index contributed by atoms with van der Waals surface area (Å²) in [5.74, 6) is -0.694. The molecule has 0 unspecified atom stereocenters. The zero-order valence-corrected chi connectivity index (χ0v) is 14.9. The van der Waals surface area contributed by atoms with Gasteiger partial charge in [0.2, 0.25) is 0 Å². The first-order chi connectivity index (χ1) is 12.1. The fourth-order valence-electron chi connectivity index (χ4n) is 2.96. The summed E-state index contributed by atoms with van der Waals surface area (Å²) >= 11 is 1.11. The van der Waals surface area contributed by atoms with Gasteiger partial charge >= 0.3 is 10.8 Å². The number of hydrogen-bond donors (Lipinski definition) is 0. The van der Waals surface area contributed by atoms with E-state index in [-0.39, 0.29) is 30.4 Å². The minimum absolute atomic E-state index is 0.0708. The zero-order chi connectivity index (χ0) is 17.8. The molecular weight excluding hydrogens is 340 g/mol. The number of esters is 1. The van der Waals surface area contributed by atoms with Gasteiger partial charge in [0.25, 0.3) is 5.91 Å². The van der Waals surface area contributed by atoms with Crippen molar-refractivity contribution in [1.29, 1.82) is 0 Å². The van der Waals surface area contributed by atoms with E-state index in [0.29, 0.717) is 6.54 Å². The van der Waals surface area contributed by atoms with Crippen molar-refractivity contribution in [2.45, 2.75) is 32.7 Å². The van der Waals surface area contributed by atoms with Gasteiger partial charge in [-0.25, -0.2) is 0 Å². The summed E-state index contributed by atoms with van der Waals surface area (Å²) in [6, 6.07) is 7.79. The number of benzene rings is 1. The van der Waals surface area contributed by atoms with Crippen LogP contribution < -0.4 is 9.77 Å². The Hall–Kier alpha value is -2.41. The predicted octanol–water partition coefficient (Wildman–Crippen LogP) is 2.13. The number of rotatable bonds is 5. The third-order valence-electron chi connectivity index (χ3n) is 4.28. The highest BCUT2D eigenvalue weighted by Crippen LogP contribution is 2.26. The molecule has 1 aliphatic rings. The molecule has 7 heteroatoms. The van der Waals surface area contributed by atoms with Crippen LogP contribution in [-0.4, -0.2) is 29.6 Å². The fraction of sp³-hybridized carbons (Fsp3) is 0.389. The summed E-state index contributed by atoms with van der Waals surface area (Å²) in [4.78, 5) is 37.5. The number of fused-ring (bicyclic) bond motifs is 1. The highest BCUT2D eigenvalue weighted by Gasteiger charge is 2.23. The normalized spacial score (nSPS) is 13.4. The molecular formula is C18H20N2O4S. The van der Waals surface area contributed by atoms with Gasteiger partial charge in [0.15, 0.2) is 6.61 Å². The van der Waals surface area contributed by atoms with Crippen LogP contribution in [0.4, 0.5) is 5.69 Å². The molecule has 132 valence electrons. The van der Waals surface area contributed by atoms with Crippen molar-refractivity contribution in [3.05, 3.63) is 50.6 Å². The van der Waals surface area contributed by atoms with E-state index in [2.05, 4.69) is 0 Å². The Labute approximate surface area is 149 Å². The lowest BCUT2D eigenvalue weighted by atomic mass is 10.0. The van der Waals surface area contributed by atoms with E-state index in [1.165, 1.54) is 4.57 Å². The number of nitrogens with zero attached hydrogens (tertiary/aromatic N) is 2. The van der Waals surface area contributed by atoms with E-state index in [0.717, 1.165) is 41.1 Å². The summed E-state index contributed by atoms with van der Waals surface area (Å²) in [6.45, 7) is 2.45. The number of para-hydroxylation sites is 1. The highest BCUT2D eigenvalue weighted by atomic mass is 32.1. The van der Waals surface area contributed by atoms with Gasteiger partial charge in [0.1, 0.15) is 0 Å². The third kappa shape index (κ3) is 3.99. The van der Waals surface area contributed by atoms with Crippen LogP contribution in [-0.2, 0) is 27.3 Å². The lowest BCUT2D eigenvalue weighted by molar-refractivity contribution is -0.148. The summed E-state index contributed by atoms with van der Waals surface area (Å²) in [5, 5.41) is 1.75. The smallest absolute Gasteiger partial charge is 0.308 e. The molecule has 0 fully saturated rings. The van der Waals surface area contributed by atoms with E-state index in [4.69, 9.17) is 4.74 Å². The maximum atomic E-state index is 12.4. The highest BCUT2D eigenvalue weighted by molar-refractivity contribution is 7.07. The summed E-state index contributed by atoms with van der Waals surface area (Å²) in [7, 11) is 0. The molecule has 1 aromatic heterocycles. The lowest BCUT2D eigenvalue weighted by Crippen LogP contribution is -2.38. The van der Waals surface area contributed by atoms with Crippen molar-refractivity contribution in [3.63, 3.8) is 0 Å². The van der Waals surface area contributed by atoms with Gasteiger partial charge in [0.05, 0.1) is 6.42 Å². The van der Waals surface area contributed by atoms with Crippen LogP contribution >= 0.6 is 11.3 Å². The third-order valence-corrected chi connectivity index (χ3v) is 5.16. The van der Waals surface area contributed by atoms with Crippen LogP contribution in [0.25, 0.3) is 0 Å². The second kappa shape index (κ2) is 7.65. The van der Waals surface area contributed by atoms with E-state index >= 15 is 0 Å². The Bertz CT molecular complexity index is 840. The van der Waals surface area contributed by atoms with Gasteiger partial charge in [-0.05, 0) is 31.4 Å². The fourth-order valence-corrected chi connectivity index (χ4v) is 3.72. The lowest BCUT2D eigenvalue weighted by Gasteiger charge is -2.29. The van der Waals surface area contributed by atoms with Gasteiger partial charge in [-0.2, -0.15) is 0 Å². The van der Waals surface area contributed by atoms with Gasteiger partial charge in [-0.3, -0.25) is 14.4 Å². The van der Waals surface area contributed by atoms with Crippen LogP contribution in [0, 0.1) is 6.92 Å². The van der Waals surface area contributed by atoms with Gasteiger partial charge in [-0.15, -0.1) is 0 Å². The molecule has 25 heavy (non-hydrogen) atoms. The van der Waals surface area contributed by atoms with Crippen LogP contribution in [0.2, 0.25) is 0 Å². The van der Waals surface area contributed by atoms with Crippen LogP contribution in [0.1, 0.15) is 24.1 Å². The van der Waals surface area contributed by atoms with E-state index < -0.39 is 5.97 Å². The number of thiazole rings is 1. The van der Waals surface area contributed by atoms with E-state index in [9.17, 15) is 14.4 Å². The Morgan fingerprint density at radius 2 is 2.08 bits per heavy atom. The molecule has 1 aromatic carbocycles. The van der Waals surface area contributed by atoms with Gasteiger partial charge in [-0.1, -0.05) is 29.5 Å². The number of aryl methyl sites for hydroxylation is 2. The largest absolute Gasteiger partial charge is 0.455 e. The van der Waals surface area contributed by atoms with Crippen LogP contribution in [0.5, 0.6) is 0 Å². The first-order valence-electron chi connectivity index (χ1n) is 8.25. The number of hydrogen-bond acceptors (Lipinski definition) is 5. The number of carbonyl (C=O) groups excluding carboxylic acids is 2. The molecule has 3 rings (SSSR count). The number of aromatic nitrogens is 1. The van der Waals surface area contributed by atoms with Crippen molar-refractivity contribution in [1.82, 2.24) is 4.57 Å². The Morgan fingerprint density at radius 3 is 2.84 bits per heavy atom. The van der Waals surface area contributed by atoms with Crippen molar-refractivity contribution < 1.29 is 14.3 Å². The molecule has 0 saturated carbocycles. The summed E-state index contributed by atoms with van der Waals surface area (Å²) in [6.07, 6.45) is 1.92. The van der Waals surface area contributed by atoms with Crippen molar-refractivity contribution in [3.8, 4) is 0 Å². The predicted molar refractivity (Wildman–Crippen MR) is 96.0 cm³/mol. The second-order valence-corrected chi connectivity index (χ2v) is 6.80. The standard InChI is InChI=1S/C18H20N2O4S/c1-13-12-25-18(23)19(13)10-8-17(22)24-11-16(21)20-9-4-6-14-5-2-3-7-15(14)20/h2-3,5,7,12H,4,6,8-11H2,1H3. The minimum atomic E-state index is -0.476. The monoisotopic (exact) mass is 360 g/mol.